The van der Waals surface area contributed by atoms with Crippen molar-refractivity contribution >= 4 is 28.7 Å². The maximum Gasteiger partial charge on any atom is 0.390 e. The molecule has 0 fully saturated rings. The number of amides is 1. The van der Waals surface area contributed by atoms with E-state index < -0.39 is 4.92 Å². The minimum absolute atomic E-state index is 0.176. The molecule has 0 spiro atoms. The summed E-state index contributed by atoms with van der Waals surface area (Å²) in [6.45, 7) is 2.14. The lowest BCUT2D eigenvalue weighted by atomic mass is 10.3. The third kappa shape index (κ3) is 3.49. The lowest BCUT2D eigenvalue weighted by Crippen LogP contribution is -2.10. The van der Waals surface area contributed by atoms with Gasteiger partial charge in [-0.05, 0) is 41.0 Å². The van der Waals surface area contributed by atoms with Crippen molar-refractivity contribution in [3.05, 3.63) is 74.1 Å². The molecule has 3 rings (SSSR count). The molecule has 0 aliphatic carbocycles. The maximum absolute atomic E-state index is 12.2. The molecule has 1 aromatic carbocycles. The molecule has 0 unspecified atom stereocenters. The molecule has 2 heterocycles. The first-order valence-corrected chi connectivity index (χ1v) is 8.03. The van der Waals surface area contributed by atoms with Crippen LogP contribution in [-0.4, -0.2) is 20.6 Å². The van der Waals surface area contributed by atoms with Gasteiger partial charge in [-0.3, -0.25) is 4.79 Å². The summed E-state index contributed by atoms with van der Waals surface area (Å²) in [6.07, 6.45) is 0. The Labute approximate surface area is 141 Å². The van der Waals surface area contributed by atoms with Crippen LogP contribution in [0.2, 0.25) is 0 Å². The molecule has 8 heteroatoms. The van der Waals surface area contributed by atoms with Gasteiger partial charge in [-0.2, -0.15) is 4.68 Å². The van der Waals surface area contributed by atoms with Gasteiger partial charge in [-0.15, -0.1) is 11.3 Å². The number of aryl methyl sites for hydroxylation is 1. The summed E-state index contributed by atoms with van der Waals surface area (Å²) in [4.78, 5) is 23.1. The Morgan fingerprint density at radius 1 is 1.33 bits per heavy atom. The molecule has 0 aliphatic rings. The smallest absolute Gasteiger partial charge is 0.358 e. The molecule has 0 bridgehead atoms. The molecule has 122 valence electrons. The van der Waals surface area contributed by atoms with Gasteiger partial charge in [0.15, 0.2) is 0 Å². The van der Waals surface area contributed by atoms with Crippen molar-refractivity contribution in [3.8, 4) is 0 Å². The number of carbonyl (C=O) groups excluding carboxylic acids is 1. The predicted molar refractivity (Wildman–Crippen MR) is 91.4 cm³/mol. The molecule has 1 amide bonds. The fraction of sp³-hybridized carbons (Fsp3) is 0.125. The van der Waals surface area contributed by atoms with Gasteiger partial charge in [0, 0.05) is 5.69 Å². The van der Waals surface area contributed by atoms with Gasteiger partial charge < -0.3 is 15.4 Å². The summed E-state index contributed by atoms with van der Waals surface area (Å²) in [5, 5.41) is 19.4. The minimum atomic E-state index is -0.518. The zero-order valence-corrected chi connectivity index (χ0v) is 13.6. The summed E-state index contributed by atoms with van der Waals surface area (Å²) in [5.41, 5.74) is 2.30. The lowest BCUT2D eigenvalue weighted by Gasteiger charge is -2.02. The van der Waals surface area contributed by atoms with Gasteiger partial charge in [0.25, 0.3) is 5.91 Å². The molecule has 1 N–H and O–H groups in total. The number of benzene rings is 1. The molecule has 3 aromatic rings. The first kappa shape index (κ1) is 15.9. The van der Waals surface area contributed by atoms with Crippen LogP contribution in [0.4, 0.5) is 11.5 Å². The van der Waals surface area contributed by atoms with Gasteiger partial charge in [0.1, 0.15) is 0 Å². The van der Waals surface area contributed by atoms with Crippen molar-refractivity contribution in [2.75, 3.05) is 5.32 Å². The van der Waals surface area contributed by atoms with Crippen LogP contribution >= 0.6 is 11.3 Å². The number of rotatable bonds is 5. The summed E-state index contributed by atoms with van der Waals surface area (Å²) in [7, 11) is 0. The van der Waals surface area contributed by atoms with Crippen LogP contribution in [0.3, 0.4) is 0 Å². The number of aromatic nitrogens is 2. The van der Waals surface area contributed by atoms with Gasteiger partial charge in [0.05, 0.1) is 28.3 Å². The average molecular weight is 342 g/mol. The standard InChI is InChI=1S/C16H14N4O3S/c1-11-7-15(20(22)23)18-19(11)9-12-8-14(24-10-12)16(21)17-13-5-3-2-4-6-13/h2-8,10H,9H2,1H3,(H,17,21). The number of nitro groups is 1. The van der Waals surface area contributed by atoms with E-state index in [-0.39, 0.29) is 11.7 Å². The van der Waals surface area contributed by atoms with E-state index in [1.54, 1.807) is 17.7 Å². The molecule has 7 nitrogen and oxygen atoms in total. The highest BCUT2D eigenvalue weighted by Crippen LogP contribution is 2.19. The summed E-state index contributed by atoms with van der Waals surface area (Å²) in [5.74, 6) is -0.356. The van der Waals surface area contributed by atoms with E-state index in [1.807, 2.05) is 35.7 Å². The Bertz CT molecular complexity index is 886. The molecule has 0 saturated heterocycles. The largest absolute Gasteiger partial charge is 0.390 e. The maximum atomic E-state index is 12.2. The van der Waals surface area contributed by atoms with Crippen LogP contribution in [0.25, 0.3) is 0 Å². The fourth-order valence-corrected chi connectivity index (χ4v) is 3.01. The number of thiophene rings is 1. The van der Waals surface area contributed by atoms with Crippen LogP contribution < -0.4 is 5.32 Å². The summed E-state index contributed by atoms with van der Waals surface area (Å²) < 4.78 is 1.55. The van der Waals surface area contributed by atoms with Crippen molar-refractivity contribution in [2.24, 2.45) is 0 Å². The predicted octanol–water partition coefficient (Wildman–Crippen LogP) is 3.46. The Kier molecular flexibility index (Phi) is 4.39. The van der Waals surface area contributed by atoms with Crippen LogP contribution in [0.15, 0.2) is 47.8 Å². The quantitative estimate of drug-likeness (QED) is 0.568. The number of carbonyl (C=O) groups is 1. The molecule has 0 radical (unpaired) electrons. The second kappa shape index (κ2) is 6.63. The fourth-order valence-electron chi connectivity index (χ4n) is 2.21. The van der Waals surface area contributed by atoms with Gasteiger partial charge in [0.2, 0.25) is 0 Å². The number of hydrogen-bond acceptors (Lipinski definition) is 5. The van der Waals surface area contributed by atoms with Crippen molar-refractivity contribution in [3.63, 3.8) is 0 Å². The third-order valence-electron chi connectivity index (χ3n) is 3.40. The van der Waals surface area contributed by atoms with E-state index in [0.717, 1.165) is 11.3 Å². The summed E-state index contributed by atoms with van der Waals surface area (Å²) >= 11 is 1.33. The Balaban J connectivity index is 1.71. The highest BCUT2D eigenvalue weighted by atomic mass is 32.1. The highest BCUT2D eigenvalue weighted by Gasteiger charge is 2.17. The van der Waals surface area contributed by atoms with Crippen molar-refractivity contribution in [2.45, 2.75) is 13.5 Å². The minimum Gasteiger partial charge on any atom is -0.358 e. The monoisotopic (exact) mass is 342 g/mol. The number of anilines is 1. The van der Waals surface area contributed by atoms with E-state index in [4.69, 9.17) is 0 Å². The molecule has 2 aromatic heterocycles. The third-order valence-corrected chi connectivity index (χ3v) is 4.37. The molecular formula is C16H14N4O3S. The van der Waals surface area contributed by atoms with E-state index in [1.165, 1.54) is 17.4 Å². The zero-order chi connectivity index (χ0) is 17.1. The molecule has 24 heavy (non-hydrogen) atoms. The van der Waals surface area contributed by atoms with E-state index >= 15 is 0 Å². The number of nitrogens with one attached hydrogen (secondary N) is 1. The SMILES string of the molecule is Cc1cc([N+](=O)[O-])nn1Cc1csc(C(=O)Nc2ccccc2)c1. The van der Waals surface area contributed by atoms with Crippen LogP contribution in [0.1, 0.15) is 20.9 Å². The van der Waals surface area contributed by atoms with Crippen LogP contribution in [0.5, 0.6) is 0 Å². The second-order valence-corrected chi connectivity index (χ2v) is 6.11. The first-order valence-electron chi connectivity index (χ1n) is 7.15. The van der Waals surface area contributed by atoms with Crippen LogP contribution in [-0.2, 0) is 6.54 Å². The molecule has 0 saturated carbocycles. The van der Waals surface area contributed by atoms with E-state index in [0.29, 0.717) is 17.1 Å². The molecule has 0 aliphatic heterocycles. The second-order valence-electron chi connectivity index (χ2n) is 5.20. The average Bonchev–Trinajstić information content (AvgIpc) is 3.16. The lowest BCUT2D eigenvalue weighted by molar-refractivity contribution is -0.389. The van der Waals surface area contributed by atoms with Crippen molar-refractivity contribution in [1.29, 1.82) is 0 Å². The van der Waals surface area contributed by atoms with Gasteiger partial charge in [-0.25, -0.2) is 0 Å². The number of hydrogen-bond donors (Lipinski definition) is 1. The van der Waals surface area contributed by atoms with Crippen molar-refractivity contribution in [1.82, 2.24) is 9.78 Å². The van der Waals surface area contributed by atoms with Gasteiger partial charge in [-0.1, -0.05) is 18.2 Å². The number of nitrogens with zero attached hydrogens (tertiary/aromatic N) is 3. The highest BCUT2D eigenvalue weighted by molar-refractivity contribution is 7.12. The number of para-hydroxylation sites is 1. The molecule has 0 atom stereocenters. The first-order chi connectivity index (χ1) is 11.5. The van der Waals surface area contributed by atoms with Crippen LogP contribution in [0, 0.1) is 17.0 Å². The van der Waals surface area contributed by atoms with E-state index in [2.05, 4.69) is 10.4 Å². The summed E-state index contributed by atoms with van der Waals surface area (Å²) in [6, 6.07) is 12.4. The Morgan fingerprint density at radius 3 is 2.75 bits per heavy atom. The molecular weight excluding hydrogens is 328 g/mol. The topological polar surface area (TPSA) is 90.1 Å². The normalized spacial score (nSPS) is 10.5. The van der Waals surface area contributed by atoms with Crippen molar-refractivity contribution < 1.29 is 9.72 Å². The van der Waals surface area contributed by atoms with E-state index in [9.17, 15) is 14.9 Å². The Hall–Kier alpha value is -3.00. The Morgan fingerprint density at radius 2 is 2.08 bits per heavy atom. The zero-order valence-electron chi connectivity index (χ0n) is 12.8. The van der Waals surface area contributed by atoms with Gasteiger partial charge >= 0.3 is 5.82 Å².